The van der Waals surface area contributed by atoms with Crippen molar-refractivity contribution in [2.75, 3.05) is 11.9 Å². The van der Waals surface area contributed by atoms with Gasteiger partial charge in [0.2, 0.25) is 11.8 Å². The van der Waals surface area contributed by atoms with Crippen molar-refractivity contribution in [3.05, 3.63) is 69.5 Å². The topological polar surface area (TPSA) is 136 Å². The summed E-state index contributed by atoms with van der Waals surface area (Å²) in [6, 6.07) is 8.57. The highest BCUT2D eigenvalue weighted by Crippen LogP contribution is 2.21. The van der Waals surface area contributed by atoms with E-state index in [2.05, 4.69) is 5.32 Å². The summed E-state index contributed by atoms with van der Waals surface area (Å²) in [6.07, 6.45) is 0.372. The lowest BCUT2D eigenvalue weighted by Crippen LogP contribution is -2.28. The minimum Gasteiger partial charge on any atom is -0.452 e. The summed E-state index contributed by atoms with van der Waals surface area (Å²) in [5, 5.41) is 12.8. The summed E-state index contributed by atoms with van der Waals surface area (Å²) in [4.78, 5) is 58.4. The molecule has 31 heavy (non-hydrogen) atoms. The number of esters is 1. The van der Waals surface area contributed by atoms with E-state index < -0.39 is 40.6 Å². The first-order valence-corrected chi connectivity index (χ1v) is 9.07. The van der Waals surface area contributed by atoms with Gasteiger partial charge in [0.1, 0.15) is 5.82 Å². The maximum atomic E-state index is 13.7. The number of anilines is 1. The fourth-order valence-electron chi connectivity index (χ4n) is 2.85. The molecular weight excluding hydrogens is 413 g/mol. The van der Waals surface area contributed by atoms with E-state index in [0.29, 0.717) is 5.56 Å². The minimum absolute atomic E-state index is 0.101. The van der Waals surface area contributed by atoms with Crippen molar-refractivity contribution in [3.63, 3.8) is 0 Å². The molecule has 0 spiro atoms. The molecule has 0 unspecified atom stereocenters. The summed E-state index contributed by atoms with van der Waals surface area (Å²) >= 11 is 0. The maximum absolute atomic E-state index is 13.7. The van der Waals surface area contributed by atoms with Gasteiger partial charge in [0.05, 0.1) is 22.7 Å². The number of imide groups is 1. The molecule has 1 aliphatic rings. The van der Waals surface area contributed by atoms with Gasteiger partial charge in [0.15, 0.2) is 6.61 Å². The summed E-state index contributed by atoms with van der Waals surface area (Å²) in [5.41, 5.74) is -0.0621. The number of likely N-dealkylation sites (tertiary alicyclic amines) is 1. The number of non-ortho nitro benzene ring substituents is 1. The number of carbonyl (C=O) groups is 4. The molecule has 2 aromatic carbocycles. The summed E-state index contributed by atoms with van der Waals surface area (Å²) in [6.45, 7) is -0.635. The highest BCUT2D eigenvalue weighted by atomic mass is 19.1. The quantitative estimate of drug-likeness (QED) is 0.308. The van der Waals surface area contributed by atoms with Crippen LogP contribution in [0.5, 0.6) is 0 Å². The monoisotopic (exact) mass is 429 g/mol. The molecule has 1 saturated heterocycles. The Bertz CT molecular complexity index is 1050. The molecule has 1 aliphatic heterocycles. The summed E-state index contributed by atoms with van der Waals surface area (Å²) in [7, 11) is 0. The van der Waals surface area contributed by atoms with Gasteiger partial charge in [0.25, 0.3) is 11.6 Å². The van der Waals surface area contributed by atoms with Crippen molar-refractivity contribution in [3.8, 4) is 0 Å². The van der Waals surface area contributed by atoms with Crippen LogP contribution in [0.4, 0.5) is 15.8 Å². The lowest BCUT2D eigenvalue weighted by molar-refractivity contribution is -0.384. The Balaban J connectivity index is 1.54. The van der Waals surface area contributed by atoms with Crippen LogP contribution in [0, 0.1) is 15.9 Å². The predicted molar refractivity (Wildman–Crippen MR) is 103 cm³/mol. The molecule has 1 N–H and O–H groups in total. The predicted octanol–water partition coefficient (Wildman–Crippen LogP) is 2.18. The standard InChI is InChI=1S/C20H16FN3O7/c21-15-6-5-14(24(29)30)9-16(15)22-17(25)11-31-20(28)13-3-1-12(2-4-13)10-23-18(26)7-8-19(23)27/h1-6,9H,7-8,10-11H2,(H,22,25). The van der Waals surface area contributed by atoms with Crippen molar-refractivity contribution in [2.45, 2.75) is 19.4 Å². The van der Waals surface area contributed by atoms with Gasteiger partial charge in [-0.1, -0.05) is 12.1 Å². The highest BCUT2D eigenvalue weighted by Gasteiger charge is 2.28. The Morgan fingerprint density at radius 3 is 2.35 bits per heavy atom. The fraction of sp³-hybridized carbons (Fsp3) is 0.200. The van der Waals surface area contributed by atoms with Crippen LogP contribution in [0.25, 0.3) is 0 Å². The minimum atomic E-state index is -0.879. The number of hydrogen-bond donors (Lipinski definition) is 1. The smallest absolute Gasteiger partial charge is 0.338 e. The molecule has 0 saturated carbocycles. The van der Waals surface area contributed by atoms with Crippen molar-refractivity contribution < 1.29 is 33.2 Å². The second kappa shape index (κ2) is 9.11. The van der Waals surface area contributed by atoms with Gasteiger partial charge in [-0.2, -0.15) is 0 Å². The van der Waals surface area contributed by atoms with Crippen LogP contribution in [0.2, 0.25) is 0 Å². The number of nitrogens with zero attached hydrogens (tertiary/aromatic N) is 2. The van der Waals surface area contributed by atoms with E-state index in [-0.39, 0.29) is 36.8 Å². The lowest BCUT2D eigenvalue weighted by Gasteiger charge is -2.13. The van der Waals surface area contributed by atoms with E-state index in [1.54, 1.807) is 12.1 Å². The van der Waals surface area contributed by atoms with Crippen molar-refractivity contribution in [1.82, 2.24) is 4.90 Å². The van der Waals surface area contributed by atoms with E-state index in [1.807, 2.05) is 0 Å². The lowest BCUT2D eigenvalue weighted by atomic mass is 10.1. The zero-order valence-corrected chi connectivity index (χ0v) is 16.0. The Morgan fingerprint density at radius 2 is 1.74 bits per heavy atom. The molecule has 0 bridgehead atoms. The van der Waals surface area contributed by atoms with Crippen molar-refractivity contribution in [1.29, 1.82) is 0 Å². The van der Waals surface area contributed by atoms with Crippen molar-refractivity contribution in [2.24, 2.45) is 0 Å². The molecule has 1 heterocycles. The first-order valence-electron chi connectivity index (χ1n) is 9.07. The Labute approximate surface area is 174 Å². The Kier molecular flexibility index (Phi) is 6.34. The van der Waals surface area contributed by atoms with Gasteiger partial charge in [-0.15, -0.1) is 0 Å². The van der Waals surface area contributed by atoms with Gasteiger partial charge >= 0.3 is 5.97 Å². The summed E-state index contributed by atoms with van der Waals surface area (Å²) in [5.74, 6) is -3.08. The van der Waals surface area contributed by atoms with Crippen LogP contribution >= 0.6 is 0 Å². The Hall–Kier alpha value is -4.15. The number of nitro groups is 1. The molecule has 160 valence electrons. The third-order valence-corrected chi connectivity index (χ3v) is 4.45. The zero-order chi connectivity index (χ0) is 22.5. The molecule has 1 fully saturated rings. The van der Waals surface area contributed by atoms with Gasteiger partial charge in [-0.3, -0.25) is 29.4 Å². The average Bonchev–Trinajstić information content (AvgIpc) is 3.06. The third-order valence-electron chi connectivity index (χ3n) is 4.45. The SMILES string of the molecule is O=C(COC(=O)c1ccc(CN2C(=O)CCC2=O)cc1)Nc1cc([N+](=O)[O-])ccc1F. The van der Waals surface area contributed by atoms with Crippen LogP contribution in [-0.2, 0) is 25.7 Å². The van der Waals surface area contributed by atoms with E-state index in [9.17, 15) is 33.7 Å². The largest absolute Gasteiger partial charge is 0.452 e. The molecule has 10 nitrogen and oxygen atoms in total. The Morgan fingerprint density at radius 1 is 1.10 bits per heavy atom. The molecule has 0 radical (unpaired) electrons. The van der Waals surface area contributed by atoms with Crippen LogP contribution in [0.15, 0.2) is 42.5 Å². The van der Waals surface area contributed by atoms with E-state index in [4.69, 9.17) is 4.74 Å². The molecular formula is C20H16FN3O7. The molecule has 3 rings (SSSR count). The fourth-order valence-corrected chi connectivity index (χ4v) is 2.85. The second-order valence-corrected chi connectivity index (χ2v) is 6.62. The summed E-state index contributed by atoms with van der Waals surface area (Å²) < 4.78 is 18.6. The first kappa shape index (κ1) is 21.6. The van der Waals surface area contributed by atoms with E-state index in [1.165, 1.54) is 12.1 Å². The van der Waals surface area contributed by atoms with E-state index in [0.717, 1.165) is 23.1 Å². The average molecular weight is 429 g/mol. The van der Waals surface area contributed by atoms with Crippen LogP contribution in [0.1, 0.15) is 28.8 Å². The third kappa shape index (κ3) is 5.26. The van der Waals surface area contributed by atoms with Gasteiger partial charge < -0.3 is 10.1 Å². The molecule has 0 atom stereocenters. The molecule has 0 aliphatic carbocycles. The number of nitro benzene ring substituents is 1. The number of rotatable bonds is 7. The number of hydrogen-bond acceptors (Lipinski definition) is 7. The normalized spacial score (nSPS) is 13.3. The molecule has 3 amide bonds. The molecule has 2 aromatic rings. The van der Waals surface area contributed by atoms with E-state index >= 15 is 0 Å². The maximum Gasteiger partial charge on any atom is 0.338 e. The number of amides is 3. The van der Waals surface area contributed by atoms with Gasteiger partial charge in [-0.25, -0.2) is 9.18 Å². The van der Waals surface area contributed by atoms with Crippen LogP contribution < -0.4 is 5.32 Å². The second-order valence-electron chi connectivity index (χ2n) is 6.62. The highest BCUT2D eigenvalue weighted by molar-refractivity contribution is 6.01. The number of benzene rings is 2. The number of nitrogens with one attached hydrogen (secondary N) is 1. The van der Waals surface area contributed by atoms with Gasteiger partial charge in [0, 0.05) is 25.0 Å². The number of halogens is 1. The number of carbonyl (C=O) groups excluding carboxylic acids is 4. The first-order chi connectivity index (χ1) is 14.7. The van der Waals surface area contributed by atoms with Crippen molar-refractivity contribution >= 4 is 35.1 Å². The van der Waals surface area contributed by atoms with Crippen LogP contribution in [-0.4, -0.2) is 40.1 Å². The molecule has 0 aromatic heterocycles. The molecule has 11 heteroatoms. The van der Waals surface area contributed by atoms with Crippen LogP contribution in [0.3, 0.4) is 0 Å². The zero-order valence-electron chi connectivity index (χ0n) is 16.0. The van der Waals surface area contributed by atoms with Gasteiger partial charge in [-0.05, 0) is 23.8 Å². The number of ether oxygens (including phenoxy) is 1.